The van der Waals surface area contributed by atoms with Gasteiger partial charge in [0.15, 0.2) is 0 Å². The lowest BCUT2D eigenvalue weighted by Crippen LogP contribution is -2.31. The molecule has 1 aliphatic rings. The molecule has 0 bridgehead atoms. The van der Waals surface area contributed by atoms with Crippen molar-refractivity contribution < 1.29 is 14.1 Å². The molecule has 0 aromatic heterocycles. The third-order valence-corrected chi connectivity index (χ3v) is 4.09. The first-order chi connectivity index (χ1) is 9.70. The maximum Gasteiger partial charge on any atom is 0.270 e. The van der Waals surface area contributed by atoms with E-state index in [1.54, 1.807) is 4.90 Å². The summed E-state index contributed by atoms with van der Waals surface area (Å²) in [6, 6.07) is 3.05. The SMILES string of the molecule is CC(C)(C)C1CCN(C(=O)c2cc([N+](=O)[O-])ccc2F)C1. The molecule has 5 nitrogen and oxygen atoms in total. The second-order valence-electron chi connectivity index (χ2n) is 6.52. The summed E-state index contributed by atoms with van der Waals surface area (Å²) in [5.74, 6) is -0.837. The summed E-state index contributed by atoms with van der Waals surface area (Å²) in [4.78, 5) is 24.1. The fourth-order valence-corrected chi connectivity index (χ4v) is 2.61. The van der Waals surface area contributed by atoms with E-state index in [1.807, 2.05) is 0 Å². The van der Waals surface area contributed by atoms with Gasteiger partial charge < -0.3 is 4.90 Å². The number of carbonyl (C=O) groups excluding carboxylic acids is 1. The highest BCUT2D eigenvalue weighted by Crippen LogP contribution is 2.34. The van der Waals surface area contributed by atoms with Crippen molar-refractivity contribution >= 4 is 11.6 Å². The van der Waals surface area contributed by atoms with Gasteiger partial charge in [0.05, 0.1) is 10.5 Å². The van der Waals surface area contributed by atoms with Crippen molar-refractivity contribution in [2.75, 3.05) is 13.1 Å². The van der Waals surface area contributed by atoms with Gasteiger partial charge in [0.1, 0.15) is 5.82 Å². The van der Waals surface area contributed by atoms with Crippen LogP contribution in [0.1, 0.15) is 37.6 Å². The Kier molecular flexibility index (Phi) is 3.98. The number of amides is 1. The molecule has 6 heteroatoms. The number of hydrogen-bond acceptors (Lipinski definition) is 3. The van der Waals surface area contributed by atoms with Crippen LogP contribution in [0.4, 0.5) is 10.1 Å². The highest BCUT2D eigenvalue weighted by atomic mass is 19.1. The van der Waals surface area contributed by atoms with E-state index in [1.165, 1.54) is 0 Å². The Labute approximate surface area is 122 Å². The van der Waals surface area contributed by atoms with Gasteiger partial charge in [0.2, 0.25) is 0 Å². The molecule has 0 aliphatic carbocycles. The van der Waals surface area contributed by atoms with Gasteiger partial charge >= 0.3 is 0 Å². The third kappa shape index (κ3) is 3.20. The highest BCUT2D eigenvalue weighted by molar-refractivity contribution is 5.95. The van der Waals surface area contributed by atoms with E-state index >= 15 is 0 Å². The van der Waals surface area contributed by atoms with E-state index in [9.17, 15) is 19.3 Å². The van der Waals surface area contributed by atoms with E-state index in [4.69, 9.17) is 0 Å². The van der Waals surface area contributed by atoms with E-state index in [0.717, 1.165) is 24.6 Å². The summed E-state index contributed by atoms with van der Waals surface area (Å²) in [5.41, 5.74) is -0.416. The Hall–Kier alpha value is -1.98. The Bertz CT molecular complexity index is 581. The number of carbonyl (C=O) groups is 1. The number of nitro benzene ring substituents is 1. The summed E-state index contributed by atoms with van der Waals surface area (Å²) >= 11 is 0. The van der Waals surface area contributed by atoms with Crippen molar-refractivity contribution in [3.05, 3.63) is 39.7 Å². The van der Waals surface area contributed by atoms with Gasteiger partial charge in [0, 0.05) is 25.2 Å². The van der Waals surface area contributed by atoms with E-state index in [0.29, 0.717) is 19.0 Å². The molecule has 1 amide bonds. The first-order valence-electron chi connectivity index (χ1n) is 6.93. The normalized spacial score (nSPS) is 18.9. The Balaban J connectivity index is 2.22. The zero-order valence-corrected chi connectivity index (χ0v) is 12.4. The van der Waals surface area contributed by atoms with Crippen LogP contribution in [0.15, 0.2) is 18.2 Å². The van der Waals surface area contributed by atoms with E-state index in [2.05, 4.69) is 20.8 Å². The first-order valence-corrected chi connectivity index (χ1v) is 6.93. The minimum Gasteiger partial charge on any atom is -0.338 e. The number of nitro groups is 1. The summed E-state index contributed by atoms with van der Waals surface area (Å²) in [5, 5.41) is 10.8. The average Bonchev–Trinajstić information content (AvgIpc) is 2.87. The van der Waals surface area contributed by atoms with Crippen LogP contribution in [0.2, 0.25) is 0 Å². The topological polar surface area (TPSA) is 63.5 Å². The van der Waals surface area contributed by atoms with E-state index in [-0.39, 0.29) is 16.7 Å². The quantitative estimate of drug-likeness (QED) is 0.621. The van der Waals surface area contributed by atoms with Crippen LogP contribution in [0.5, 0.6) is 0 Å². The molecule has 0 saturated carbocycles. The maximum atomic E-state index is 13.8. The molecule has 1 fully saturated rings. The molecular weight excluding hydrogens is 275 g/mol. The van der Waals surface area contributed by atoms with Crippen molar-refractivity contribution in [1.29, 1.82) is 0 Å². The number of nitrogens with zero attached hydrogens (tertiary/aromatic N) is 2. The molecule has 0 radical (unpaired) electrons. The molecular formula is C15H19FN2O3. The van der Waals surface area contributed by atoms with Crippen molar-refractivity contribution in [2.45, 2.75) is 27.2 Å². The van der Waals surface area contributed by atoms with Crippen LogP contribution >= 0.6 is 0 Å². The average molecular weight is 294 g/mol. The van der Waals surface area contributed by atoms with Crippen molar-refractivity contribution in [3.8, 4) is 0 Å². The van der Waals surface area contributed by atoms with Crippen LogP contribution in [-0.4, -0.2) is 28.8 Å². The second-order valence-corrected chi connectivity index (χ2v) is 6.52. The molecule has 0 N–H and O–H groups in total. The predicted molar refractivity (Wildman–Crippen MR) is 76.5 cm³/mol. The Morgan fingerprint density at radius 2 is 2.10 bits per heavy atom. The molecule has 1 aliphatic heterocycles. The van der Waals surface area contributed by atoms with Gasteiger partial charge in [-0.1, -0.05) is 20.8 Å². The number of non-ortho nitro benzene ring substituents is 1. The lowest BCUT2D eigenvalue weighted by atomic mass is 9.80. The molecule has 1 atom stereocenters. The smallest absolute Gasteiger partial charge is 0.270 e. The standard InChI is InChI=1S/C15H19FN2O3/c1-15(2,3)10-6-7-17(9-10)14(19)12-8-11(18(20)21)4-5-13(12)16/h4-5,8,10H,6-7,9H2,1-3H3. The molecule has 1 heterocycles. The molecule has 1 aromatic carbocycles. The lowest BCUT2D eigenvalue weighted by molar-refractivity contribution is -0.384. The fraction of sp³-hybridized carbons (Fsp3) is 0.533. The van der Waals surface area contributed by atoms with Gasteiger partial charge in [-0.25, -0.2) is 4.39 Å². The van der Waals surface area contributed by atoms with Gasteiger partial charge in [-0.15, -0.1) is 0 Å². The molecule has 0 spiro atoms. The minimum atomic E-state index is -0.718. The summed E-state index contributed by atoms with van der Waals surface area (Å²) in [6.07, 6.45) is 0.867. The number of rotatable bonds is 2. The van der Waals surface area contributed by atoms with Gasteiger partial charge in [-0.05, 0) is 23.8 Å². The fourth-order valence-electron chi connectivity index (χ4n) is 2.61. The largest absolute Gasteiger partial charge is 0.338 e. The van der Waals surface area contributed by atoms with Gasteiger partial charge in [0.25, 0.3) is 11.6 Å². The van der Waals surface area contributed by atoms with Crippen LogP contribution in [0, 0.1) is 27.3 Å². The van der Waals surface area contributed by atoms with Crippen molar-refractivity contribution in [1.82, 2.24) is 4.90 Å². The molecule has 1 unspecified atom stereocenters. The lowest BCUT2D eigenvalue weighted by Gasteiger charge is -2.27. The molecule has 1 aromatic rings. The van der Waals surface area contributed by atoms with Gasteiger partial charge in [-0.2, -0.15) is 0 Å². The number of benzene rings is 1. The molecule has 114 valence electrons. The van der Waals surface area contributed by atoms with Crippen LogP contribution < -0.4 is 0 Å². The van der Waals surface area contributed by atoms with Crippen molar-refractivity contribution in [2.24, 2.45) is 11.3 Å². The van der Waals surface area contributed by atoms with Crippen LogP contribution in [-0.2, 0) is 0 Å². The second kappa shape index (κ2) is 5.42. The summed E-state index contributed by atoms with van der Waals surface area (Å²) in [7, 11) is 0. The zero-order chi connectivity index (χ0) is 15.8. The maximum absolute atomic E-state index is 13.8. The number of halogens is 1. The van der Waals surface area contributed by atoms with Gasteiger partial charge in [-0.3, -0.25) is 14.9 Å². The first kappa shape index (κ1) is 15.4. The number of hydrogen-bond donors (Lipinski definition) is 0. The minimum absolute atomic E-state index is 0.0796. The van der Waals surface area contributed by atoms with E-state index < -0.39 is 16.6 Å². The third-order valence-electron chi connectivity index (χ3n) is 4.09. The Morgan fingerprint density at radius 3 is 2.62 bits per heavy atom. The zero-order valence-electron chi connectivity index (χ0n) is 12.4. The monoisotopic (exact) mass is 294 g/mol. The summed E-state index contributed by atoms with van der Waals surface area (Å²) < 4.78 is 13.8. The number of likely N-dealkylation sites (tertiary alicyclic amines) is 1. The molecule has 21 heavy (non-hydrogen) atoms. The summed E-state index contributed by atoms with van der Waals surface area (Å²) in [6.45, 7) is 7.45. The Morgan fingerprint density at radius 1 is 1.43 bits per heavy atom. The predicted octanol–water partition coefficient (Wildman–Crippen LogP) is 3.24. The van der Waals surface area contributed by atoms with Crippen LogP contribution in [0.3, 0.4) is 0 Å². The highest BCUT2D eigenvalue weighted by Gasteiger charge is 2.35. The van der Waals surface area contributed by atoms with Crippen LogP contribution in [0.25, 0.3) is 0 Å². The van der Waals surface area contributed by atoms with Crippen molar-refractivity contribution in [3.63, 3.8) is 0 Å². The molecule has 2 rings (SSSR count). The molecule has 1 saturated heterocycles.